The van der Waals surface area contributed by atoms with Crippen molar-refractivity contribution in [2.75, 3.05) is 24.7 Å². The highest BCUT2D eigenvalue weighted by atomic mass is 16.5. The number of para-hydroxylation sites is 2. The molecule has 4 heteroatoms. The normalized spacial score (nSPS) is 22.1. The number of hydrogen-bond donors (Lipinski definition) is 0. The van der Waals surface area contributed by atoms with Gasteiger partial charge in [0, 0.05) is 43.7 Å². The molecule has 5 rings (SSSR count). The van der Waals surface area contributed by atoms with E-state index in [9.17, 15) is 4.79 Å². The summed E-state index contributed by atoms with van der Waals surface area (Å²) >= 11 is 0. The van der Waals surface area contributed by atoms with Crippen LogP contribution >= 0.6 is 0 Å². The van der Waals surface area contributed by atoms with Crippen LogP contribution in [0.1, 0.15) is 31.2 Å². The lowest BCUT2D eigenvalue weighted by atomic mass is 9.76. The second-order valence-corrected chi connectivity index (χ2v) is 7.71. The van der Waals surface area contributed by atoms with Crippen molar-refractivity contribution >= 4 is 11.6 Å². The summed E-state index contributed by atoms with van der Waals surface area (Å²) in [7, 11) is 0. The van der Waals surface area contributed by atoms with Crippen molar-refractivity contribution in [1.82, 2.24) is 0 Å². The molecule has 0 atom stereocenters. The molecule has 0 radical (unpaired) electrons. The van der Waals surface area contributed by atoms with Gasteiger partial charge in [0.15, 0.2) is 5.60 Å². The van der Waals surface area contributed by atoms with Gasteiger partial charge < -0.3 is 14.4 Å². The fraction of sp³-hybridized carbons (Fsp3) is 0.409. The van der Waals surface area contributed by atoms with Crippen molar-refractivity contribution in [3.8, 4) is 5.75 Å². The number of anilines is 1. The van der Waals surface area contributed by atoms with Crippen LogP contribution < -0.4 is 9.64 Å². The van der Waals surface area contributed by atoms with Gasteiger partial charge in [0.1, 0.15) is 5.75 Å². The van der Waals surface area contributed by atoms with Crippen molar-refractivity contribution in [1.29, 1.82) is 0 Å². The second-order valence-electron chi connectivity index (χ2n) is 7.71. The van der Waals surface area contributed by atoms with Gasteiger partial charge in [-0.3, -0.25) is 4.79 Å². The van der Waals surface area contributed by atoms with E-state index in [1.807, 2.05) is 41.3 Å². The third-order valence-corrected chi connectivity index (χ3v) is 6.07. The highest BCUT2D eigenvalue weighted by molar-refractivity contribution is 6.03. The molecule has 1 spiro atoms. The molecule has 2 aromatic rings. The first-order valence-corrected chi connectivity index (χ1v) is 9.46. The van der Waals surface area contributed by atoms with Gasteiger partial charge in [-0.25, -0.2) is 0 Å². The Morgan fingerprint density at radius 3 is 2.35 bits per heavy atom. The highest BCUT2D eigenvalue weighted by Gasteiger charge is 2.58. The lowest BCUT2D eigenvalue weighted by molar-refractivity contribution is -0.127. The number of nitrogens with zero attached hydrogens (tertiary/aromatic N) is 1. The molecule has 0 N–H and O–H groups in total. The molecule has 1 saturated heterocycles. The van der Waals surface area contributed by atoms with Gasteiger partial charge in [-0.05, 0) is 36.6 Å². The summed E-state index contributed by atoms with van der Waals surface area (Å²) in [6, 6.07) is 18.1. The number of benzene rings is 2. The molecule has 3 aliphatic rings. The first-order valence-electron chi connectivity index (χ1n) is 9.46. The molecule has 2 fully saturated rings. The number of carbonyl (C=O) groups excluding carboxylic acids is 1. The molecule has 26 heavy (non-hydrogen) atoms. The number of hydrogen-bond acceptors (Lipinski definition) is 3. The predicted octanol–water partition coefficient (Wildman–Crippen LogP) is 3.69. The first kappa shape index (κ1) is 15.9. The fourth-order valence-corrected chi connectivity index (χ4v) is 4.43. The molecule has 1 aliphatic carbocycles. The van der Waals surface area contributed by atoms with E-state index in [0.29, 0.717) is 0 Å². The Hall–Kier alpha value is -2.33. The average Bonchev–Trinajstić information content (AvgIpc) is 3.41. The van der Waals surface area contributed by atoms with Crippen LogP contribution in [0.2, 0.25) is 0 Å². The van der Waals surface area contributed by atoms with Crippen molar-refractivity contribution in [3.63, 3.8) is 0 Å². The monoisotopic (exact) mass is 349 g/mol. The molecule has 1 saturated carbocycles. The molecule has 0 unspecified atom stereocenters. The predicted molar refractivity (Wildman–Crippen MR) is 99.6 cm³/mol. The number of rotatable bonds is 3. The maximum absolute atomic E-state index is 13.5. The van der Waals surface area contributed by atoms with E-state index in [1.165, 1.54) is 5.56 Å². The third-order valence-electron chi connectivity index (χ3n) is 6.07. The van der Waals surface area contributed by atoms with Crippen molar-refractivity contribution < 1.29 is 14.3 Å². The van der Waals surface area contributed by atoms with Gasteiger partial charge >= 0.3 is 0 Å². The lowest BCUT2D eigenvalue weighted by Gasteiger charge is -2.34. The van der Waals surface area contributed by atoms with Crippen LogP contribution in [0.4, 0.5) is 5.69 Å². The molecule has 2 aliphatic heterocycles. The maximum Gasteiger partial charge on any atom is 0.271 e. The SMILES string of the molecule is O=C(N1CC2(CCOCC2)c2ccccc21)C1(Oc2ccccc2)CC1. The standard InChI is InChI=1S/C22H23NO3/c24-20(22(10-11-22)26-17-6-2-1-3-7-17)23-16-21(12-14-25-15-13-21)18-8-4-5-9-19(18)23/h1-9H,10-16H2. The van der Waals surface area contributed by atoms with Crippen LogP contribution in [-0.4, -0.2) is 31.3 Å². The summed E-state index contributed by atoms with van der Waals surface area (Å²) in [5, 5.41) is 0. The Labute approximate surface area is 153 Å². The van der Waals surface area contributed by atoms with Gasteiger partial charge in [-0.1, -0.05) is 36.4 Å². The van der Waals surface area contributed by atoms with E-state index in [-0.39, 0.29) is 11.3 Å². The summed E-state index contributed by atoms with van der Waals surface area (Å²) in [6.07, 6.45) is 3.52. The molecule has 4 nitrogen and oxygen atoms in total. The minimum Gasteiger partial charge on any atom is -0.477 e. The minimum atomic E-state index is -0.689. The lowest BCUT2D eigenvalue weighted by Crippen LogP contribution is -2.47. The molecular formula is C22H23NO3. The van der Waals surface area contributed by atoms with Crippen LogP contribution in [0.15, 0.2) is 54.6 Å². The Morgan fingerprint density at radius 1 is 0.923 bits per heavy atom. The van der Waals surface area contributed by atoms with E-state index in [1.54, 1.807) is 0 Å². The third kappa shape index (κ3) is 2.43. The van der Waals surface area contributed by atoms with Crippen LogP contribution in [0.25, 0.3) is 0 Å². The highest BCUT2D eigenvalue weighted by Crippen LogP contribution is 2.50. The van der Waals surface area contributed by atoms with Crippen LogP contribution in [0.3, 0.4) is 0 Å². The van der Waals surface area contributed by atoms with Gasteiger partial charge in [0.2, 0.25) is 0 Å². The van der Waals surface area contributed by atoms with E-state index in [2.05, 4.69) is 18.2 Å². The van der Waals surface area contributed by atoms with Gasteiger partial charge in [0.25, 0.3) is 5.91 Å². The molecule has 0 aromatic heterocycles. The number of amides is 1. The van der Waals surface area contributed by atoms with Crippen molar-refractivity contribution in [2.24, 2.45) is 0 Å². The summed E-state index contributed by atoms with van der Waals surface area (Å²) in [5.74, 6) is 0.879. The van der Waals surface area contributed by atoms with Gasteiger partial charge in [0.05, 0.1) is 0 Å². The Bertz CT molecular complexity index is 822. The number of fused-ring (bicyclic) bond motifs is 2. The zero-order valence-electron chi connectivity index (χ0n) is 14.8. The quantitative estimate of drug-likeness (QED) is 0.848. The minimum absolute atomic E-state index is 0.0350. The zero-order valence-corrected chi connectivity index (χ0v) is 14.8. The van der Waals surface area contributed by atoms with Crippen molar-refractivity contribution in [2.45, 2.75) is 36.7 Å². The average molecular weight is 349 g/mol. The summed E-state index contributed by atoms with van der Waals surface area (Å²) < 4.78 is 11.8. The maximum atomic E-state index is 13.5. The zero-order chi connectivity index (χ0) is 17.6. The molecular weight excluding hydrogens is 326 g/mol. The largest absolute Gasteiger partial charge is 0.477 e. The Morgan fingerprint density at radius 2 is 1.62 bits per heavy atom. The number of carbonyl (C=O) groups is 1. The van der Waals surface area contributed by atoms with E-state index in [4.69, 9.17) is 9.47 Å². The number of ether oxygens (including phenoxy) is 2. The van der Waals surface area contributed by atoms with Crippen LogP contribution in [-0.2, 0) is 14.9 Å². The van der Waals surface area contributed by atoms with E-state index in [0.717, 1.165) is 56.9 Å². The summed E-state index contributed by atoms with van der Waals surface area (Å²) in [5.41, 5.74) is 1.70. The Kier molecular flexibility index (Phi) is 3.57. The molecule has 134 valence electrons. The van der Waals surface area contributed by atoms with E-state index >= 15 is 0 Å². The van der Waals surface area contributed by atoms with Crippen LogP contribution in [0, 0.1) is 0 Å². The topological polar surface area (TPSA) is 38.8 Å². The summed E-state index contributed by atoms with van der Waals surface area (Å²) in [6.45, 7) is 2.28. The molecule has 1 amide bonds. The molecule has 2 heterocycles. The van der Waals surface area contributed by atoms with Crippen LogP contribution in [0.5, 0.6) is 5.75 Å². The first-order chi connectivity index (χ1) is 12.7. The Balaban J connectivity index is 1.46. The molecule has 0 bridgehead atoms. The van der Waals surface area contributed by atoms with Gasteiger partial charge in [-0.2, -0.15) is 0 Å². The second kappa shape index (κ2) is 5.85. The summed E-state index contributed by atoms with van der Waals surface area (Å²) in [4.78, 5) is 15.5. The fourth-order valence-electron chi connectivity index (χ4n) is 4.43. The van der Waals surface area contributed by atoms with Gasteiger partial charge in [-0.15, -0.1) is 0 Å². The van der Waals surface area contributed by atoms with Crippen molar-refractivity contribution in [3.05, 3.63) is 60.2 Å². The van der Waals surface area contributed by atoms with E-state index < -0.39 is 5.60 Å². The smallest absolute Gasteiger partial charge is 0.271 e. The molecule has 2 aromatic carbocycles.